The number of imidazole rings is 1. The topological polar surface area (TPSA) is 69.9 Å². The SMILES string of the molecule is NCC(N)c1ccc(-n2ccnc2)cc1. The van der Waals surface area contributed by atoms with E-state index in [0.717, 1.165) is 11.3 Å². The van der Waals surface area contributed by atoms with Gasteiger partial charge in [0, 0.05) is 30.7 Å². The summed E-state index contributed by atoms with van der Waals surface area (Å²) in [5, 5.41) is 0. The molecule has 2 rings (SSSR count). The van der Waals surface area contributed by atoms with E-state index in [2.05, 4.69) is 4.98 Å². The largest absolute Gasteiger partial charge is 0.329 e. The molecule has 0 aliphatic rings. The van der Waals surface area contributed by atoms with Crippen molar-refractivity contribution in [3.8, 4) is 5.69 Å². The van der Waals surface area contributed by atoms with Crippen LogP contribution in [0, 0.1) is 0 Å². The molecule has 1 aromatic heterocycles. The third-order valence-electron chi connectivity index (χ3n) is 2.38. The second-order valence-electron chi connectivity index (χ2n) is 3.40. The predicted octanol–water partition coefficient (Wildman–Crippen LogP) is 0.831. The molecule has 0 aliphatic carbocycles. The van der Waals surface area contributed by atoms with Crippen LogP contribution in [-0.4, -0.2) is 16.1 Å². The highest BCUT2D eigenvalue weighted by Crippen LogP contribution is 2.13. The lowest BCUT2D eigenvalue weighted by atomic mass is 10.1. The first-order valence-electron chi connectivity index (χ1n) is 4.85. The fraction of sp³-hybridized carbons (Fsp3) is 0.182. The summed E-state index contributed by atoms with van der Waals surface area (Å²) in [5.41, 5.74) is 13.4. The van der Waals surface area contributed by atoms with Crippen molar-refractivity contribution in [1.29, 1.82) is 0 Å². The van der Waals surface area contributed by atoms with E-state index >= 15 is 0 Å². The quantitative estimate of drug-likeness (QED) is 0.774. The van der Waals surface area contributed by atoms with Crippen LogP contribution in [0.3, 0.4) is 0 Å². The molecule has 1 atom stereocenters. The van der Waals surface area contributed by atoms with Crippen LogP contribution < -0.4 is 11.5 Å². The van der Waals surface area contributed by atoms with Crippen molar-refractivity contribution in [2.24, 2.45) is 11.5 Å². The first-order valence-corrected chi connectivity index (χ1v) is 4.85. The Morgan fingerprint density at radius 2 is 2.00 bits per heavy atom. The molecule has 0 amide bonds. The van der Waals surface area contributed by atoms with Crippen LogP contribution in [-0.2, 0) is 0 Å². The van der Waals surface area contributed by atoms with Crippen molar-refractivity contribution in [3.05, 3.63) is 48.5 Å². The Morgan fingerprint density at radius 3 is 2.53 bits per heavy atom. The molecule has 0 radical (unpaired) electrons. The molecule has 1 heterocycles. The maximum Gasteiger partial charge on any atom is 0.0991 e. The lowest BCUT2D eigenvalue weighted by Crippen LogP contribution is -2.20. The Bertz CT molecular complexity index is 405. The standard InChI is InChI=1S/C11H14N4/c12-7-11(13)9-1-3-10(4-2-9)15-6-5-14-8-15/h1-6,8,11H,7,12-13H2. The number of nitrogens with two attached hydrogens (primary N) is 2. The Hall–Kier alpha value is -1.65. The van der Waals surface area contributed by atoms with Crippen LogP contribution in [0.4, 0.5) is 0 Å². The zero-order chi connectivity index (χ0) is 10.7. The van der Waals surface area contributed by atoms with Crippen LogP contribution in [0.2, 0.25) is 0 Å². The van der Waals surface area contributed by atoms with Gasteiger partial charge in [-0.2, -0.15) is 0 Å². The Kier molecular flexibility index (Phi) is 2.80. The summed E-state index contributed by atoms with van der Waals surface area (Å²) in [4.78, 5) is 3.99. The minimum Gasteiger partial charge on any atom is -0.329 e. The van der Waals surface area contributed by atoms with Crippen LogP contribution in [0.1, 0.15) is 11.6 Å². The average Bonchev–Trinajstić information content (AvgIpc) is 2.82. The zero-order valence-corrected chi connectivity index (χ0v) is 8.38. The summed E-state index contributed by atoms with van der Waals surface area (Å²) < 4.78 is 1.94. The third kappa shape index (κ3) is 2.06. The smallest absolute Gasteiger partial charge is 0.0991 e. The molecule has 1 aromatic carbocycles. The summed E-state index contributed by atoms with van der Waals surface area (Å²) >= 11 is 0. The van der Waals surface area contributed by atoms with Gasteiger partial charge in [0.2, 0.25) is 0 Å². The highest BCUT2D eigenvalue weighted by molar-refractivity contribution is 5.35. The van der Waals surface area contributed by atoms with E-state index in [9.17, 15) is 0 Å². The monoisotopic (exact) mass is 202 g/mol. The number of hydrogen-bond acceptors (Lipinski definition) is 3. The summed E-state index contributed by atoms with van der Waals surface area (Å²) in [7, 11) is 0. The number of nitrogens with zero attached hydrogens (tertiary/aromatic N) is 2. The second-order valence-corrected chi connectivity index (χ2v) is 3.40. The Balaban J connectivity index is 2.25. The zero-order valence-electron chi connectivity index (χ0n) is 8.38. The van der Waals surface area contributed by atoms with E-state index < -0.39 is 0 Å². The highest BCUT2D eigenvalue weighted by atomic mass is 15.0. The molecule has 0 spiro atoms. The molecule has 4 heteroatoms. The number of rotatable bonds is 3. The molecular formula is C11H14N4. The lowest BCUT2D eigenvalue weighted by Gasteiger charge is -2.09. The van der Waals surface area contributed by atoms with Gasteiger partial charge in [-0.3, -0.25) is 0 Å². The minimum absolute atomic E-state index is 0.0816. The van der Waals surface area contributed by atoms with E-state index in [0.29, 0.717) is 6.54 Å². The Labute approximate surface area is 88.5 Å². The van der Waals surface area contributed by atoms with Gasteiger partial charge in [-0.05, 0) is 17.7 Å². The summed E-state index contributed by atoms with van der Waals surface area (Å²) in [5.74, 6) is 0. The summed E-state index contributed by atoms with van der Waals surface area (Å²) in [6.45, 7) is 0.463. The average molecular weight is 202 g/mol. The molecular weight excluding hydrogens is 188 g/mol. The molecule has 4 N–H and O–H groups in total. The lowest BCUT2D eigenvalue weighted by molar-refractivity contribution is 0.737. The van der Waals surface area contributed by atoms with Gasteiger partial charge in [-0.1, -0.05) is 12.1 Å². The van der Waals surface area contributed by atoms with Gasteiger partial charge in [-0.25, -0.2) is 4.98 Å². The van der Waals surface area contributed by atoms with Crippen molar-refractivity contribution in [1.82, 2.24) is 9.55 Å². The highest BCUT2D eigenvalue weighted by Gasteiger charge is 2.03. The minimum atomic E-state index is -0.0816. The van der Waals surface area contributed by atoms with Crippen molar-refractivity contribution < 1.29 is 0 Å². The van der Waals surface area contributed by atoms with Crippen molar-refractivity contribution in [2.45, 2.75) is 6.04 Å². The van der Waals surface area contributed by atoms with Gasteiger partial charge in [0.05, 0.1) is 6.33 Å². The molecule has 0 saturated carbocycles. The van der Waals surface area contributed by atoms with E-state index in [-0.39, 0.29) is 6.04 Å². The van der Waals surface area contributed by atoms with Gasteiger partial charge in [-0.15, -0.1) is 0 Å². The fourth-order valence-electron chi connectivity index (χ4n) is 1.44. The fourth-order valence-corrected chi connectivity index (χ4v) is 1.44. The molecule has 0 bridgehead atoms. The van der Waals surface area contributed by atoms with Gasteiger partial charge >= 0.3 is 0 Å². The molecule has 0 fully saturated rings. The number of benzene rings is 1. The van der Waals surface area contributed by atoms with Crippen LogP contribution >= 0.6 is 0 Å². The van der Waals surface area contributed by atoms with E-state index in [1.165, 1.54) is 0 Å². The van der Waals surface area contributed by atoms with Crippen molar-refractivity contribution in [3.63, 3.8) is 0 Å². The molecule has 0 saturated heterocycles. The van der Waals surface area contributed by atoms with Gasteiger partial charge in [0.15, 0.2) is 0 Å². The third-order valence-corrected chi connectivity index (χ3v) is 2.38. The normalized spacial score (nSPS) is 12.7. The second kappa shape index (κ2) is 4.25. The molecule has 0 aliphatic heterocycles. The maximum absolute atomic E-state index is 5.82. The van der Waals surface area contributed by atoms with E-state index in [1.807, 2.05) is 35.0 Å². The van der Waals surface area contributed by atoms with E-state index in [1.54, 1.807) is 12.5 Å². The van der Waals surface area contributed by atoms with Gasteiger partial charge in [0.1, 0.15) is 0 Å². The number of aromatic nitrogens is 2. The van der Waals surface area contributed by atoms with Gasteiger partial charge < -0.3 is 16.0 Å². The maximum atomic E-state index is 5.82. The first kappa shape index (κ1) is 9.89. The summed E-state index contributed by atoms with van der Waals surface area (Å²) in [6.07, 6.45) is 5.41. The molecule has 78 valence electrons. The molecule has 1 unspecified atom stereocenters. The van der Waals surface area contributed by atoms with Crippen molar-refractivity contribution in [2.75, 3.05) is 6.54 Å². The van der Waals surface area contributed by atoms with Crippen LogP contribution in [0.15, 0.2) is 43.0 Å². The molecule has 4 nitrogen and oxygen atoms in total. The van der Waals surface area contributed by atoms with Crippen LogP contribution in [0.5, 0.6) is 0 Å². The number of hydrogen-bond donors (Lipinski definition) is 2. The van der Waals surface area contributed by atoms with E-state index in [4.69, 9.17) is 11.5 Å². The van der Waals surface area contributed by atoms with Crippen molar-refractivity contribution >= 4 is 0 Å². The van der Waals surface area contributed by atoms with Gasteiger partial charge in [0.25, 0.3) is 0 Å². The Morgan fingerprint density at radius 1 is 1.27 bits per heavy atom. The molecule has 15 heavy (non-hydrogen) atoms. The van der Waals surface area contributed by atoms with Crippen LogP contribution in [0.25, 0.3) is 5.69 Å². The first-order chi connectivity index (χ1) is 7.31. The summed E-state index contributed by atoms with van der Waals surface area (Å²) in [6, 6.07) is 7.92. The molecule has 2 aromatic rings. The predicted molar refractivity (Wildman–Crippen MR) is 59.5 cm³/mol.